The smallest absolute Gasteiger partial charge is 0.191 e. The van der Waals surface area contributed by atoms with Crippen molar-refractivity contribution in [2.45, 2.75) is 20.0 Å². The van der Waals surface area contributed by atoms with E-state index in [1.807, 2.05) is 12.5 Å². The fourth-order valence-corrected chi connectivity index (χ4v) is 3.01. The standard InChI is InChI=1S/C20H30N6O/c1-2-22-20(23-8-10-25-11-13-27-14-12-25)24-15-18-3-5-19(6-4-18)16-26-9-7-21-17-26/h3-7,9,17H,2,8,10-16H2,1H3,(H2,22,23,24). The van der Waals surface area contributed by atoms with E-state index in [9.17, 15) is 0 Å². The molecule has 7 heteroatoms. The predicted molar refractivity (Wildman–Crippen MR) is 108 cm³/mol. The Labute approximate surface area is 161 Å². The zero-order valence-electron chi connectivity index (χ0n) is 16.1. The number of morpholine rings is 1. The van der Waals surface area contributed by atoms with Crippen LogP contribution < -0.4 is 10.6 Å². The molecular weight excluding hydrogens is 340 g/mol. The molecule has 0 radical (unpaired) electrons. The molecule has 1 aromatic heterocycles. The second-order valence-corrected chi connectivity index (χ2v) is 6.63. The van der Waals surface area contributed by atoms with Crippen molar-refractivity contribution in [3.05, 3.63) is 54.1 Å². The summed E-state index contributed by atoms with van der Waals surface area (Å²) in [6.45, 7) is 10.1. The van der Waals surface area contributed by atoms with Gasteiger partial charge in [-0.2, -0.15) is 0 Å². The second-order valence-electron chi connectivity index (χ2n) is 6.63. The SMILES string of the molecule is CCNC(=NCc1ccc(Cn2ccnc2)cc1)NCCN1CCOCC1. The molecule has 2 heterocycles. The van der Waals surface area contributed by atoms with Crippen LogP contribution in [0.15, 0.2) is 48.0 Å². The van der Waals surface area contributed by atoms with Crippen LogP contribution in [0.1, 0.15) is 18.1 Å². The minimum Gasteiger partial charge on any atom is -0.379 e. The summed E-state index contributed by atoms with van der Waals surface area (Å²) >= 11 is 0. The van der Waals surface area contributed by atoms with Crippen LogP contribution >= 0.6 is 0 Å². The molecule has 1 aromatic carbocycles. The summed E-state index contributed by atoms with van der Waals surface area (Å²) in [5.41, 5.74) is 2.46. The number of ether oxygens (including phenoxy) is 1. The summed E-state index contributed by atoms with van der Waals surface area (Å²) in [5, 5.41) is 6.74. The number of nitrogens with one attached hydrogen (secondary N) is 2. The highest BCUT2D eigenvalue weighted by atomic mass is 16.5. The molecule has 0 atom stereocenters. The van der Waals surface area contributed by atoms with Gasteiger partial charge in [0.25, 0.3) is 0 Å². The number of imidazole rings is 1. The molecule has 1 aliphatic rings. The number of guanidine groups is 1. The third-order valence-electron chi connectivity index (χ3n) is 4.54. The minimum atomic E-state index is 0.665. The molecule has 1 fully saturated rings. The summed E-state index contributed by atoms with van der Waals surface area (Å²) < 4.78 is 7.45. The molecule has 1 aliphatic heterocycles. The van der Waals surface area contributed by atoms with E-state index >= 15 is 0 Å². The van der Waals surface area contributed by atoms with E-state index in [1.165, 1.54) is 11.1 Å². The molecular formula is C20H30N6O. The minimum absolute atomic E-state index is 0.665. The van der Waals surface area contributed by atoms with Gasteiger partial charge in [0, 0.05) is 51.7 Å². The van der Waals surface area contributed by atoms with Gasteiger partial charge in [-0.15, -0.1) is 0 Å². The Balaban J connectivity index is 1.46. The van der Waals surface area contributed by atoms with E-state index < -0.39 is 0 Å². The molecule has 0 bridgehead atoms. The highest BCUT2D eigenvalue weighted by Crippen LogP contribution is 2.07. The number of hydrogen-bond acceptors (Lipinski definition) is 4. The average Bonchev–Trinajstić information content (AvgIpc) is 3.21. The van der Waals surface area contributed by atoms with Crippen molar-refractivity contribution in [3.63, 3.8) is 0 Å². The third-order valence-corrected chi connectivity index (χ3v) is 4.54. The number of hydrogen-bond donors (Lipinski definition) is 2. The van der Waals surface area contributed by atoms with Crippen LogP contribution in [0.4, 0.5) is 0 Å². The summed E-state index contributed by atoms with van der Waals surface area (Å²) in [5.74, 6) is 0.869. The quantitative estimate of drug-likeness (QED) is 0.542. The topological polar surface area (TPSA) is 66.7 Å². The molecule has 7 nitrogen and oxygen atoms in total. The van der Waals surface area contributed by atoms with Crippen molar-refractivity contribution in [2.75, 3.05) is 45.9 Å². The van der Waals surface area contributed by atoms with Gasteiger partial charge in [0.15, 0.2) is 5.96 Å². The van der Waals surface area contributed by atoms with Crippen LogP contribution in [-0.4, -0.2) is 66.3 Å². The number of aromatic nitrogens is 2. The average molecular weight is 371 g/mol. The molecule has 0 amide bonds. The monoisotopic (exact) mass is 370 g/mol. The largest absolute Gasteiger partial charge is 0.379 e. The van der Waals surface area contributed by atoms with Gasteiger partial charge in [-0.25, -0.2) is 9.98 Å². The molecule has 0 saturated carbocycles. The highest BCUT2D eigenvalue weighted by molar-refractivity contribution is 5.79. The van der Waals surface area contributed by atoms with Crippen molar-refractivity contribution in [3.8, 4) is 0 Å². The Morgan fingerprint density at radius 3 is 2.63 bits per heavy atom. The lowest BCUT2D eigenvalue weighted by molar-refractivity contribution is 0.0389. The Morgan fingerprint density at radius 2 is 1.93 bits per heavy atom. The van der Waals surface area contributed by atoms with Gasteiger partial charge in [-0.05, 0) is 18.1 Å². The van der Waals surface area contributed by atoms with Gasteiger partial charge >= 0.3 is 0 Å². The predicted octanol–water partition coefficient (Wildman–Crippen LogP) is 1.32. The first kappa shape index (κ1) is 19.4. The molecule has 146 valence electrons. The Morgan fingerprint density at radius 1 is 1.15 bits per heavy atom. The van der Waals surface area contributed by atoms with Crippen LogP contribution in [-0.2, 0) is 17.8 Å². The molecule has 27 heavy (non-hydrogen) atoms. The van der Waals surface area contributed by atoms with Crippen molar-refractivity contribution >= 4 is 5.96 Å². The Hall–Kier alpha value is -2.38. The lowest BCUT2D eigenvalue weighted by atomic mass is 10.1. The molecule has 0 aliphatic carbocycles. The van der Waals surface area contributed by atoms with Crippen molar-refractivity contribution < 1.29 is 4.74 Å². The van der Waals surface area contributed by atoms with Gasteiger partial charge in [-0.1, -0.05) is 24.3 Å². The normalized spacial score (nSPS) is 15.7. The molecule has 2 aromatic rings. The lowest BCUT2D eigenvalue weighted by Gasteiger charge is -2.26. The van der Waals surface area contributed by atoms with Crippen molar-refractivity contribution in [1.82, 2.24) is 25.1 Å². The number of rotatable bonds is 8. The number of nitrogens with zero attached hydrogens (tertiary/aromatic N) is 4. The van der Waals surface area contributed by atoms with Crippen LogP contribution in [0, 0.1) is 0 Å². The van der Waals surface area contributed by atoms with Crippen LogP contribution in [0.25, 0.3) is 0 Å². The summed E-state index contributed by atoms with van der Waals surface area (Å²) in [6.07, 6.45) is 5.62. The molecule has 1 saturated heterocycles. The Kier molecular flexibility index (Phi) is 7.68. The van der Waals surface area contributed by atoms with E-state index in [0.717, 1.165) is 58.4 Å². The van der Waals surface area contributed by atoms with Crippen molar-refractivity contribution in [2.24, 2.45) is 4.99 Å². The molecule has 0 unspecified atom stereocenters. The molecule has 0 spiro atoms. The van der Waals surface area contributed by atoms with E-state index in [2.05, 4.69) is 56.3 Å². The summed E-state index contributed by atoms with van der Waals surface area (Å²) in [6, 6.07) is 8.60. The van der Waals surface area contributed by atoms with Crippen LogP contribution in [0.2, 0.25) is 0 Å². The van der Waals surface area contributed by atoms with Gasteiger partial charge < -0.3 is 19.9 Å². The first-order valence-electron chi connectivity index (χ1n) is 9.69. The lowest BCUT2D eigenvalue weighted by Crippen LogP contribution is -2.44. The number of aliphatic imine (C=N–C) groups is 1. The molecule has 2 N–H and O–H groups in total. The molecule has 3 rings (SSSR count). The summed E-state index contributed by atoms with van der Waals surface area (Å²) in [7, 11) is 0. The van der Waals surface area contributed by atoms with Gasteiger partial charge in [-0.3, -0.25) is 4.90 Å². The summed E-state index contributed by atoms with van der Waals surface area (Å²) in [4.78, 5) is 11.2. The second kappa shape index (κ2) is 10.7. The number of benzene rings is 1. The van der Waals surface area contributed by atoms with Crippen molar-refractivity contribution in [1.29, 1.82) is 0 Å². The zero-order valence-corrected chi connectivity index (χ0v) is 16.1. The van der Waals surface area contributed by atoms with Crippen LogP contribution in [0.3, 0.4) is 0 Å². The van der Waals surface area contributed by atoms with E-state index in [-0.39, 0.29) is 0 Å². The first-order valence-corrected chi connectivity index (χ1v) is 9.69. The maximum atomic E-state index is 5.39. The third kappa shape index (κ3) is 6.69. The zero-order chi connectivity index (χ0) is 18.7. The Bertz CT molecular complexity index is 677. The van der Waals surface area contributed by atoms with E-state index in [4.69, 9.17) is 9.73 Å². The maximum Gasteiger partial charge on any atom is 0.191 e. The fraction of sp³-hybridized carbons (Fsp3) is 0.500. The van der Waals surface area contributed by atoms with E-state index in [0.29, 0.717) is 6.54 Å². The van der Waals surface area contributed by atoms with E-state index in [1.54, 1.807) is 6.20 Å². The maximum absolute atomic E-state index is 5.39. The van der Waals surface area contributed by atoms with Gasteiger partial charge in [0.05, 0.1) is 26.1 Å². The first-order chi connectivity index (χ1) is 13.3. The highest BCUT2D eigenvalue weighted by Gasteiger charge is 2.09. The van der Waals surface area contributed by atoms with Gasteiger partial charge in [0.2, 0.25) is 0 Å². The fourth-order valence-electron chi connectivity index (χ4n) is 3.01. The van der Waals surface area contributed by atoms with Gasteiger partial charge in [0.1, 0.15) is 0 Å². The van der Waals surface area contributed by atoms with Crippen LogP contribution in [0.5, 0.6) is 0 Å².